The molecular formula is C110H141N11O9. The minimum Gasteiger partial charge on any atom is -0.309 e. The molecule has 3 aromatic heterocycles. The van der Waals surface area contributed by atoms with Crippen molar-refractivity contribution in [3.05, 3.63) is 312 Å². The number of hydrogen-bond donors (Lipinski definition) is 0. The fraction of sp³-hybridized carbons (Fsp3) is 0.409. The van der Waals surface area contributed by atoms with Crippen molar-refractivity contribution in [2.45, 2.75) is 217 Å². The second kappa shape index (κ2) is 49.9. The molecule has 0 spiro atoms. The Labute approximate surface area is 771 Å². The van der Waals surface area contributed by atoms with Crippen LogP contribution >= 0.6 is 0 Å². The maximum atomic E-state index is 12.6. The van der Waals surface area contributed by atoms with Crippen LogP contribution in [-0.4, -0.2) is 116 Å². The normalized spacial score (nSPS) is 13.3. The summed E-state index contributed by atoms with van der Waals surface area (Å²) in [5, 5.41) is 17.2. The number of piperidine rings is 1. The molecule has 0 N–H and O–H groups in total. The molecule has 690 valence electrons. The topological polar surface area (TPSA) is 233 Å². The zero-order valence-corrected chi connectivity index (χ0v) is 81.5. The minimum absolute atomic E-state index is 0.0000463. The number of imide groups is 2. The molecule has 20 heteroatoms. The van der Waals surface area contributed by atoms with Crippen LogP contribution in [0.4, 0.5) is 0 Å². The van der Waals surface area contributed by atoms with Gasteiger partial charge in [-0.15, -0.1) is 11.7 Å². The van der Waals surface area contributed by atoms with Crippen molar-refractivity contribution < 1.29 is 28.8 Å². The quantitative estimate of drug-likeness (QED) is 0.0511. The highest BCUT2D eigenvalue weighted by Gasteiger charge is 2.36. The molecule has 0 saturated carbocycles. The molecule has 15 rings (SSSR count). The number of hydrogen-bond acceptors (Lipinski definition) is 13. The SMILES string of the molecule is C=C1C=C(C)C(=O)N1CC(C)C.C=C1c2ccc3ccccc3c2C(=O)N1CC(C)C.C=CCc1cc(C)c(CC(C)C)c(C)c1.CC(C)CN1C(=O)CCCC1=O.CC(C)CN1C(=O)c2ccccc2C1=O.CC(C)Cn1cnc2ccccc2c1=O.CC(C)Cn1ncc2ccccc2c1=O.CC(C)Cn1nnc2ccccc2c1=O.Cc1ccc(CC(C)C)c(C)c1. The third kappa shape index (κ3) is 30.1. The molecule has 0 radical (unpaired) electrons. The first kappa shape index (κ1) is 105. The summed E-state index contributed by atoms with van der Waals surface area (Å²) in [5.41, 5.74) is 16.8. The van der Waals surface area contributed by atoms with Gasteiger partial charge in [0.1, 0.15) is 5.52 Å². The Kier molecular flexibility index (Phi) is 40.2. The average molecular weight is 1760 g/mol. The monoisotopic (exact) mass is 1760 g/mol. The van der Waals surface area contributed by atoms with Crippen molar-refractivity contribution in [3.8, 4) is 0 Å². The number of nitrogens with zero attached hydrogens (tertiary/aromatic N) is 11. The first-order valence-electron chi connectivity index (χ1n) is 46.0. The van der Waals surface area contributed by atoms with Crippen LogP contribution < -0.4 is 16.7 Å². The Morgan fingerprint density at radius 1 is 0.400 bits per heavy atom. The second-order valence-corrected chi connectivity index (χ2v) is 37.9. The van der Waals surface area contributed by atoms with Gasteiger partial charge in [0.2, 0.25) is 11.8 Å². The lowest BCUT2D eigenvalue weighted by molar-refractivity contribution is -0.148. The maximum Gasteiger partial charge on any atom is 0.277 e. The molecule has 1 saturated heterocycles. The lowest BCUT2D eigenvalue weighted by Gasteiger charge is -2.26. The standard InChI is InChI=1S/C17H17NO.C15H22.2C12H14N2O.C12H13NO2.C12H18.C11H13N3O.C10H15NO.C9H15NO2/c1-11(2)10-18-12(3)14-9-8-13-6-4-5-7-15(13)16(14)17(18)19;1-6-7-14-9-12(4)15(8-11(2)3)13(5)10-14;1-9(2)8-14-12(15)11-6-4-3-5-10(11)7-13-14;1-9(2)7-14-8-13-11-6-4-3-5-10(11)12(14)15;1-8(2)7-13-11(14)9-5-3-4-6-10(9)12(13)15;1-9(2)7-12-6-5-10(3)8-11(12)4;1-8(2)7-14-11(15)9-5-3-4-6-10(9)12-13-14;1-7(2)6-11-9(4)5-8(3)10(11)12;1-7(2)6-10-8(11)4-3-5-9(10)12/h4-9,11H,3,10H2,1-2H3;6,9-11H,1,7-8H2,2-5H3;3-7,9H,8H2,1-2H3;3-6,8-9H,7H2,1-2H3;3-6,8H,7H2,1-2H3;5-6,8-9H,7H2,1-4H3;3-6,8H,7H2,1-2H3;5,7H,4,6H2,1-3H3;7H,3-6H2,1-2H3. The van der Waals surface area contributed by atoms with Crippen molar-refractivity contribution in [1.82, 2.24) is 53.9 Å². The summed E-state index contributed by atoms with van der Waals surface area (Å²) in [6.07, 6.45) is 12.4. The molecule has 1 fully saturated rings. The number of carbonyl (C=O) groups excluding carboxylic acids is 6. The van der Waals surface area contributed by atoms with Crippen molar-refractivity contribution in [1.29, 1.82) is 0 Å². The van der Waals surface area contributed by atoms with Crippen LogP contribution in [0.25, 0.3) is 49.0 Å². The van der Waals surface area contributed by atoms with Gasteiger partial charge in [0.25, 0.3) is 40.3 Å². The van der Waals surface area contributed by atoms with Crippen molar-refractivity contribution in [2.75, 3.05) is 26.2 Å². The van der Waals surface area contributed by atoms with Crippen molar-refractivity contribution in [3.63, 3.8) is 0 Å². The van der Waals surface area contributed by atoms with E-state index in [1.807, 2.05) is 157 Å². The van der Waals surface area contributed by atoms with Gasteiger partial charge < -0.3 is 9.80 Å². The van der Waals surface area contributed by atoms with Gasteiger partial charge in [-0.1, -0.05) is 276 Å². The van der Waals surface area contributed by atoms with E-state index >= 15 is 0 Å². The number of benzene rings is 8. The van der Waals surface area contributed by atoms with E-state index in [-0.39, 0.29) is 52.1 Å². The number of rotatable bonds is 20. The predicted octanol–water partition coefficient (Wildman–Crippen LogP) is 22.3. The Hall–Kier alpha value is -12.5. The van der Waals surface area contributed by atoms with Gasteiger partial charge in [-0.25, -0.2) is 14.3 Å². The van der Waals surface area contributed by atoms with E-state index in [9.17, 15) is 43.2 Å². The van der Waals surface area contributed by atoms with E-state index in [0.717, 1.165) is 99.5 Å². The number of amides is 6. The first-order valence-corrected chi connectivity index (χ1v) is 46.0. The Morgan fingerprint density at radius 3 is 1.39 bits per heavy atom. The molecule has 0 bridgehead atoms. The van der Waals surface area contributed by atoms with Crippen molar-refractivity contribution in [2.24, 2.45) is 53.3 Å². The zero-order chi connectivity index (χ0) is 96.1. The highest BCUT2D eigenvalue weighted by Crippen LogP contribution is 2.37. The summed E-state index contributed by atoms with van der Waals surface area (Å²) in [6.45, 7) is 64.8. The summed E-state index contributed by atoms with van der Waals surface area (Å²) in [4.78, 5) is 117. The summed E-state index contributed by atoms with van der Waals surface area (Å²) in [7, 11) is 0. The smallest absolute Gasteiger partial charge is 0.277 e. The maximum absolute atomic E-state index is 12.6. The number of allylic oxidation sites excluding steroid dienone is 2. The fourth-order valence-electron chi connectivity index (χ4n) is 15.5. The van der Waals surface area contributed by atoms with E-state index in [4.69, 9.17) is 0 Å². The molecule has 0 atom stereocenters. The largest absolute Gasteiger partial charge is 0.309 e. The number of carbonyl (C=O) groups is 6. The predicted molar refractivity (Wildman–Crippen MR) is 533 cm³/mol. The fourth-order valence-corrected chi connectivity index (χ4v) is 15.5. The van der Waals surface area contributed by atoms with Crippen LogP contribution in [0.1, 0.15) is 226 Å². The van der Waals surface area contributed by atoms with Crippen molar-refractivity contribution >= 4 is 84.5 Å². The summed E-state index contributed by atoms with van der Waals surface area (Å²) >= 11 is 0. The number of aromatic nitrogens is 7. The van der Waals surface area contributed by atoms with Crippen LogP contribution in [-0.2, 0) is 53.3 Å². The summed E-state index contributed by atoms with van der Waals surface area (Å²) in [5.74, 6) is 4.21. The van der Waals surface area contributed by atoms with Crippen LogP contribution in [0.2, 0.25) is 0 Å². The highest BCUT2D eigenvalue weighted by atomic mass is 16.2. The number of fused-ring (bicyclic) bond motifs is 7. The third-order valence-corrected chi connectivity index (χ3v) is 21.4. The molecule has 11 aromatic rings. The molecule has 4 aliphatic heterocycles. The first-order chi connectivity index (χ1) is 61.5. The second-order valence-electron chi connectivity index (χ2n) is 37.9. The van der Waals surface area contributed by atoms with Gasteiger partial charge in [-0.05, 0) is 206 Å². The highest BCUT2D eigenvalue weighted by molar-refractivity contribution is 6.21. The van der Waals surface area contributed by atoms with Gasteiger partial charge in [-0.2, -0.15) is 5.10 Å². The van der Waals surface area contributed by atoms with Crippen LogP contribution in [0.3, 0.4) is 0 Å². The Bertz CT molecular complexity index is 5700. The molecule has 4 aliphatic rings. The molecule has 8 aromatic carbocycles. The molecular weight excluding hydrogens is 1620 g/mol. The number of para-hydroxylation sites is 1. The third-order valence-electron chi connectivity index (χ3n) is 21.4. The Balaban J connectivity index is 0.000000201. The number of likely N-dealkylation sites (tertiary alicyclic amines) is 1. The van der Waals surface area contributed by atoms with Crippen LogP contribution in [0.5, 0.6) is 0 Å². The Morgan fingerprint density at radius 2 is 0.869 bits per heavy atom. The van der Waals surface area contributed by atoms with Gasteiger partial charge in [-0.3, -0.25) is 57.5 Å². The molecule has 20 nitrogen and oxygen atoms in total. The molecule has 0 unspecified atom stereocenters. The van der Waals surface area contributed by atoms with E-state index in [1.54, 1.807) is 58.4 Å². The van der Waals surface area contributed by atoms with Crippen LogP contribution in [0.15, 0.2) is 234 Å². The molecule has 7 heterocycles. The molecule has 0 aliphatic carbocycles. The minimum atomic E-state index is -0.163. The summed E-state index contributed by atoms with van der Waals surface area (Å²) < 4.78 is 4.63. The van der Waals surface area contributed by atoms with Gasteiger partial charge in [0.05, 0.1) is 50.9 Å². The van der Waals surface area contributed by atoms with E-state index in [2.05, 4.69) is 187 Å². The van der Waals surface area contributed by atoms with Gasteiger partial charge in [0, 0.05) is 86.6 Å². The lowest BCUT2D eigenvalue weighted by atomic mass is 9.92. The van der Waals surface area contributed by atoms with E-state index < -0.39 is 0 Å². The van der Waals surface area contributed by atoms with Gasteiger partial charge >= 0.3 is 0 Å². The molecule has 6 amide bonds. The lowest BCUT2D eigenvalue weighted by Crippen LogP contribution is -2.42. The summed E-state index contributed by atoms with van der Waals surface area (Å²) in [6, 6.07) is 52.6. The molecule has 130 heavy (non-hydrogen) atoms. The van der Waals surface area contributed by atoms with Crippen LogP contribution in [0, 0.1) is 81.0 Å². The van der Waals surface area contributed by atoms with Gasteiger partial charge in [0.15, 0.2) is 0 Å². The average Bonchev–Trinajstić information content (AvgIpc) is 1.61. The zero-order valence-electron chi connectivity index (χ0n) is 81.5. The number of aryl methyl sites for hydroxylation is 4. The van der Waals surface area contributed by atoms with E-state index in [1.165, 1.54) is 70.9 Å². The van der Waals surface area contributed by atoms with E-state index in [0.29, 0.717) is 108 Å².